The van der Waals surface area contributed by atoms with Gasteiger partial charge in [0.1, 0.15) is 0 Å². The van der Waals surface area contributed by atoms with Gasteiger partial charge in [0.25, 0.3) is 0 Å². The smallest absolute Gasteiger partial charge is 0.0418 e. The van der Waals surface area contributed by atoms with Gasteiger partial charge in [-0.25, -0.2) is 0 Å². The number of benzene rings is 1. The van der Waals surface area contributed by atoms with Gasteiger partial charge in [0.05, 0.1) is 0 Å². The summed E-state index contributed by atoms with van der Waals surface area (Å²) < 4.78 is 0. The number of nitrogens with one attached hydrogen (secondary N) is 1. The zero-order valence-electron chi connectivity index (χ0n) is 16.7. The van der Waals surface area contributed by atoms with Gasteiger partial charge in [-0.15, -0.1) is 6.58 Å². The molecule has 0 saturated heterocycles. The molecule has 1 nitrogen and oxygen atoms in total. The zero-order valence-corrected chi connectivity index (χ0v) is 16.7. The van der Waals surface area contributed by atoms with Crippen LogP contribution >= 0.6 is 0 Å². The molecule has 0 fully saturated rings. The standard InChI is InChI=1S/C24H37N/c1-6-10-11-16-22(9-4)24(23-17-12-15-20(5)18-23)25-19-21(13-7-2)14-8-3/h6,9-12,15-18,21-22,24-25H,4,7-8,13-14,19H2,1-3,5H3/b10-6-,16-11-. The first-order chi connectivity index (χ1) is 12.2. The molecule has 0 radical (unpaired) electrons. The van der Waals surface area contributed by atoms with Crippen LogP contribution in [0.1, 0.15) is 63.6 Å². The molecule has 0 aromatic heterocycles. The molecule has 25 heavy (non-hydrogen) atoms. The quantitative estimate of drug-likeness (QED) is 0.327. The lowest BCUT2D eigenvalue weighted by Crippen LogP contribution is -2.31. The van der Waals surface area contributed by atoms with Crippen LogP contribution in [0.2, 0.25) is 0 Å². The Morgan fingerprint density at radius 2 is 1.84 bits per heavy atom. The Hall–Kier alpha value is -1.60. The Morgan fingerprint density at radius 3 is 2.40 bits per heavy atom. The molecule has 2 unspecified atom stereocenters. The molecule has 0 saturated carbocycles. The van der Waals surface area contributed by atoms with Gasteiger partial charge in [0.2, 0.25) is 0 Å². The van der Waals surface area contributed by atoms with Crippen molar-refractivity contribution in [1.29, 1.82) is 0 Å². The van der Waals surface area contributed by atoms with Gasteiger partial charge in [-0.05, 0) is 44.7 Å². The fraction of sp³-hybridized carbons (Fsp3) is 0.500. The third-order valence-corrected chi connectivity index (χ3v) is 4.72. The first-order valence-electron chi connectivity index (χ1n) is 9.88. The Morgan fingerprint density at radius 1 is 1.12 bits per heavy atom. The van der Waals surface area contributed by atoms with Crippen LogP contribution < -0.4 is 5.32 Å². The second-order valence-corrected chi connectivity index (χ2v) is 6.97. The van der Waals surface area contributed by atoms with Gasteiger partial charge in [-0.3, -0.25) is 0 Å². The Bertz CT molecular complexity index is 535. The number of allylic oxidation sites excluding steroid dienone is 3. The average molecular weight is 340 g/mol. The molecule has 0 amide bonds. The molecule has 1 rings (SSSR count). The van der Waals surface area contributed by atoms with Crippen molar-refractivity contribution < 1.29 is 0 Å². The molecule has 0 aliphatic heterocycles. The van der Waals surface area contributed by atoms with Crippen LogP contribution in [0.5, 0.6) is 0 Å². The highest BCUT2D eigenvalue weighted by Crippen LogP contribution is 2.26. The summed E-state index contributed by atoms with van der Waals surface area (Å²) >= 11 is 0. The highest BCUT2D eigenvalue weighted by atomic mass is 14.9. The van der Waals surface area contributed by atoms with Gasteiger partial charge < -0.3 is 5.32 Å². The largest absolute Gasteiger partial charge is 0.309 e. The van der Waals surface area contributed by atoms with Gasteiger partial charge in [-0.1, -0.05) is 86.9 Å². The molecule has 138 valence electrons. The number of aryl methyl sites for hydroxylation is 1. The van der Waals surface area contributed by atoms with Crippen molar-refractivity contribution in [2.75, 3.05) is 6.54 Å². The van der Waals surface area contributed by atoms with Crippen molar-refractivity contribution in [2.24, 2.45) is 11.8 Å². The van der Waals surface area contributed by atoms with E-state index < -0.39 is 0 Å². The van der Waals surface area contributed by atoms with Crippen molar-refractivity contribution in [3.05, 3.63) is 72.4 Å². The number of hydrogen-bond donors (Lipinski definition) is 1. The van der Waals surface area contributed by atoms with E-state index in [0.29, 0.717) is 0 Å². The maximum Gasteiger partial charge on any atom is 0.0418 e. The highest BCUT2D eigenvalue weighted by molar-refractivity contribution is 5.28. The molecule has 1 N–H and O–H groups in total. The van der Waals surface area contributed by atoms with Gasteiger partial charge in [0, 0.05) is 12.0 Å². The third kappa shape index (κ3) is 7.88. The average Bonchev–Trinajstić information content (AvgIpc) is 2.60. The molecule has 1 heteroatoms. The van der Waals surface area contributed by atoms with Crippen molar-refractivity contribution in [1.82, 2.24) is 5.32 Å². The van der Waals surface area contributed by atoms with Crippen LogP contribution in [0.15, 0.2) is 61.2 Å². The Balaban J connectivity index is 2.99. The summed E-state index contributed by atoms with van der Waals surface area (Å²) in [4.78, 5) is 0. The van der Waals surface area contributed by atoms with E-state index in [0.717, 1.165) is 12.5 Å². The maximum atomic E-state index is 4.09. The molecular weight excluding hydrogens is 302 g/mol. The molecule has 1 aromatic rings. The number of rotatable bonds is 12. The van der Waals surface area contributed by atoms with E-state index in [9.17, 15) is 0 Å². The van der Waals surface area contributed by atoms with Gasteiger partial charge in [0.15, 0.2) is 0 Å². The molecule has 2 atom stereocenters. The van der Waals surface area contributed by atoms with Crippen molar-refractivity contribution in [2.45, 2.75) is 59.4 Å². The van der Waals surface area contributed by atoms with Crippen LogP contribution in [0.25, 0.3) is 0 Å². The lowest BCUT2D eigenvalue weighted by Gasteiger charge is -2.27. The van der Waals surface area contributed by atoms with Crippen LogP contribution in [0.4, 0.5) is 0 Å². The SMILES string of the molecule is C=CC(/C=C\C=C/C)C(NCC(CCC)CCC)c1cccc(C)c1. The minimum atomic E-state index is 0.273. The summed E-state index contributed by atoms with van der Waals surface area (Å²) in [5.41, 5.74) is 2.66. The first kappa shape index (κ1) is 21.4. The summed E-state index contributed by atoms with van der Waals surface area (Å²) in [7, 11) is 0. The fourth-order valence-electron chi connectivity index (χ4n) is 3.43. The third-order valence-electron chi connectivity index (χ3n) is 4.72. The predicted molar refractivity (Wildman–Crippen MR) is 113 cm³/mol. The number of hydrogen-bond acceptors (Lipinski definition) is 1. The maximum absolute atomic E-state index is 4.09. The van der Waals surface area contributed by atoms with E-state index >= 15 is 0 Å². The second kappa shape index (κ2) is 12.7. The minimum Gasteiger partial charge on any atom is -0.309 e. The van der Waals surface area contributed by atoms with Gasteiger partial charge in [-0.2, -0.15) is 0 Å². The van der Waals surface area contributed by atoms with E-state index in [2.05, 4.69) is 87.3 Å². The molecule has 0 bridgehead atoms. The summed E-state index contributed by atoms with van der Waals surface area (Å²) in [5, 5.41) is 3.86. The molecular formula is C24H37N. The molecule has 1 aromatic carbocycles. The Kier molecular flexibility index (Phi) is 10.9. The first-order valence-corrected chi connectivity index (χ1v) is 9.88. The molecule has 0 aliphatic carbocycles. The summed E-state index contributed by atoms with van der Waals surface area (Å²) in [6.07, 6.45) is 15.7. The van der Waals surface area contributed by atoms with E-state index in [1.54, 1.807) is 0 Å². The van der Waals surface area contributed by atoms with Crippen LogP contribution in [0.3, 0.4) is 0 Å². The lowest BCUT2D eigenvalue weighted by atomic mass is 9.90. The minimum absolute atomic E-state index is 0.273. The van der Waals surface area contributed by atoms with Crippen LogP contribution in [0, 0.1) is 18.8 Å². The molecule has 0 spiro atoms. The van der Waals surface area contributed by atoms with Gasteiger partial charge >= 0.3 is 0 Å². The van der Waals surface area contributed by atoms with E-state index in [-0.39, 0.29) is 12.0 Å². The monoisotopic (exact) mass is 339 g/mol. The Labute approximate surface area is 155 Å². The summed E-state index contributed by atoms with van der Waals surface area (Å²) in [5.74, 6) is 1.04. The van der Waals surface area contributed by atoms with Crippen molar-refractivity contribution >= 4 is 0 Å². The second-order valence-electron chi connectivity index (χ2n) is 6.97. The fourth-order valence-corrected chi connectivity index (χ4v) is 3.43. The normalized spacial score (nSPS) is 14.4. The van der Waals surface area contributed by atoms with Crippen LogP contribution in [-0.2, 0) is 0 Å². The van der Waals surface area contributed by atoms with Crippen molar-refractivity contribution in [3.8, 4) is 0 Å². The molecule has 0 aliphatic rings. The highest BCUT2D eigenvalue weighted by Gasteiger charge is 2.20. The van der Waals surface area contributed by atoms with E-state index in [4.69, 9.17) is 0 Å². The summed E-state index contributed by atoms with van der Waals surface area (Å²) in [6, 6.07) is 9.13. The zero-order chi connectivity index (χ0) is 18.5. The van der Waals surface area contributed by atoms with E-state index in [1.165, 1.54) is 36.8 Å². The van der Waals surface area contributed by atoms with E-state index in [1.807, 2.05) is 6.92 Å². The van der Waals surface area contributed by atoms with Crippen molar-refractivity contribution in [3.63, 3.8) is 0 Å². The van der Waals surface area contributed by atoms with Crippen LogP contribution in [-0.4, -0.2) is 6.54 Å². The predicted octanol–water partition coefficient (Wildman–Crippen LogP) is 6.78. The topological polar surface area (TPSA) is 12.0 Å². The summed E-state index contributed by atoms with van der Waals surface area (Å²) in [6.45, 7) is 13.9. The molecule has 0 heterocycles. The lowest BCUT2D eigenvalue weighted by molar-refractivity contribution is 0.366.